The third kappa shape index (κ3) is 7.40. The molecule has 2 fully saturated rings. The van der Waals surface area contributed by atoms with E-state index in [0.717, 1.165) is 16.7 Å². The topological polar surface area (TPSA) is 124 Å². The van der Waals surface area contributed by atoms with Crippen LogP contribution in [0.4, 0.5) is 0 Å². The predicted octanol–water partition coefficient (Wildman–Crippen LogP) is 5.38. The van der Waals surface area contributed by atoms with Crippen LogP contribution in [0.1, 0.15) is 34.8 Å². The summed E-state index contributed by atoms with van der Waals surface area (Å²) in [6.45, 7) is 3.07. The standard InChI is InChI=1S/C34H34O10S2/c1-23-13-17-27(18-14-23)45(35,36)40-22-30(44-46(37,38)28-19-15-24(2)16-20-28)32-31(42-34(43-32)26-11-7-4-8-12-26)29-21-39-33(41-29)25-9-5-3-6-10-25/h3-20,29-34H,21-22H2,1-2H3. The van der Waals surface area contributed by atoms with Gasteiger partial charge < -0.3 is 18.9 Å². The Balaban J connectivity index is 1.33. The van der Waals surface area contributed by atoms with Gasteiger partial charge in [0, 0.05) is 11.1 Å². The highest BCUT2D eigenvalue weighted by Crippen LogP contribution is 2.40. The quantitative estimate of drug-likeness (QED) is 0.193. The molecule has 0 spiro atoms. The molecular formula is C34H34O10S2. The van der Waals surface area contributed by atoms with Crippen molar-refractivity contribution in [3.63, 3.8) is 0 Å². The van der Waals surface area contributed by atoms with Crippen molar-refractivity contribution in [3.05, 3.63) is 131 Å². The van der Waals surface area contributed by atoms with E-state index in [0.29, 0.717) is 5.56 Å². The van der Waals surface area contributed by atoms with Crippen molar-refractivity contribution in [2.75, 3.05) is 13.2 Å². The Kier molecular flexibility index (Phi) is 9.69. The molecule has 0 N–H and O–H groups in total. The Labute approximate surface area is 269 Å². The van der Waals surface area contributed by atoms with E-state index in [-0.39, 0.29) is 16.4 Å². The maximum atomic E-state index is 13.6. The molecule has 6 unspecified atom stereocenters. The molecule has 2 heterocycles. The summed E-state index contributed by atoms with van der Waals surface area (Å²) >= 11 is 0. The fourth-order valence-corrected chi connectivity index (χ4v) is 7.23. The van der Waals surface area contributed by atoms with Gasteiger partial charge in [-0.15, -0.1) is 0 Å². The lowest BCUT2D eigenvalue weighted by molar-refractivity contribution is -0.107. The van der Waals surface area contributed by atoms with Gasteiger partial charge >= 0.3 is 0 Å². The molecule has 12 heteroatoms. The molecule has 0 amide bonds. The Morgan fingerprint density at radius 3 is 1.74 bits per heavy atom. The monoisotopic (exact) mass is 666 g/mol. The summed E-state index contributed by atoms with van der Waals surface area (Å²) in [5, 5.41) is 0. The maximum absolute atomic E-state index is 13.6. The summed E-state index contributed by atoms with van der Waals surface area (Å²) in [5.41, 5.74) is 3.18. The minimum absolute atomic E-state index is 0.0845. The van der Waals surface area contributed by atoms with Crippen LogP contribution in [0.15, 0.2) is 119 Å². The molecule has 2 aliphatic rings. The lowest BCUT2D eigenvalue weighted by Gasteiger charge is -2.28. The Morgan fingerprint density at radius 1 is 0.652 bits per heavy atom. The fraction of sp³-hybridized carbons (Fsp3) is 0.294. The molecule has 46 heavy (non-hydrogen) atoms. The summed E-state index contributed by atoms with van der Waals surface area (Å²) in [7, 11) is -8.72. The van der Waals surface area contributed by atoms with E-state index in [1.807, 2.05) is 62.4 Å². The van der Waals surface area contributed by atoms with Crippen LogP contribution in [-0.4, -0.2) is 54.5 Å². The Hall–Kier alpha value is -3.46. The summed E-state index contributed by atoms with van der Waals surface area (Å²) in [6.07, 6.45) is -5.89. The maximum Gasteiger partial charge on any atom is 0.297 e. The number of rotatable bonds is 11. The summed E-state index contributed by atoms with van der Waals surface area (Å²) in [5.74, 6) is 0. The highest BCUT2D eigenvalue weighted by Gasteiger charge is 2.50. The van der Waals surface area contributed by atoms with E-state index < -0.39 is 63.8 Å². The first-order chi connectivity index (χ1) is 22.1. The molecule has 4 aromatic rings. The molecule has 2 aliphatic heterocycles. The van der Waals surface area contributed by atoms with Gasteiger partial charge in [0.15, 0.2) is 12.6 Å². The van der Waals surface area contributed by atoms with Gasteiger partial charge in [-0.05, 0) is 38.1 Å². The minimum Gasteiger partial charge on any atom is -0.346 e. The van der Waals surface area contributed by atoms with Gasteiger partial charge in [-0.3, -0.25) is 8.37 Å². The number of benzene rings is 4. The number of aryl methyl sites for hydroxylation is 2. The Bertz CT molecular complexity index is 1810. The van der Waals surface area contributed by atoms with Crippen LogP contribution in [0.3, 0.4) is 0 Å². The molecule has 0 saturated carbocycles. The average molecular weight is 667 g/mol. The largest absolute Gasteiger partial charge is 0.346 e. The van der Waals surface area contributed by atoms with E-state index in [2.05, 4.69) is 0 Å². The second-order valence-corrected chi connectivity index (χ2v) is 14.3. The van der Waals surface area contributed by atoms with Gasteiger partial charge in [-0.1, -0.05) is 96.1 Å². The van der Waals surface area contributed by atoms with E-state index in [1.165, 1.54) is 24.3 Å². The second kappa shape index (κ2) is 13.7. The van der Waals surface area contributed by atoms with Crippen LogP contribution >= 0.6 is 0 Å². The summed E-state index contributed by atoms with van der Waals surface area (Å²) < 4.78 is 89.7. The van der Waals surface area contributed by atoms with Crippen molar-refractivity contribution in [2.45, 2.75) is 60.6 Å². The predicted molar refractivity (Wildman–Crippen MR) is 166 cm³/mol. The number of hydrogen-bond donors (Lipinski definition) is 0. The molecule has 0 aromatic heterocycles. The third-order valence-corrected chi connectivity index (χ3v) is 10.4. The van der Waals surface area contributed by atoms with Gasteiger partial charge in [-0.25, -0.2) is 0 Å². The van der Waals surface area contributed by atoms with Gasteiger partial charge in [0.2, 0.25) is 0 Å². The number of hydrogen-bond acceptors (Lipinski definition) is 10. The van der Waals surface area contributed by atoms with Crippen LogP contribution in [0.25, 0.3) is 0 Å². The normalized spacial score (nSPS) is 24.2. The zero-order valence-corrected chi connectivity index (χ0v) is 26.8. The molecular weight excluding hydrogens is 632 g/mol. The van der Waals surface area contributed by atoms with Crippen molar-refractivity contribution in [3.8, 4) is 0 Å². The highest BCUT2D eigenvalue weighted by atomic mass is 32.2. The van der Waals surface area contributed by atoms with Crippen LogP contribution < -0.4 is 0 Å². The lowest BCUT2D eigenvalue weighted by Crippen LogP contribution is -2.47. The van der Waals surface area contributed by atoms with Crippen molar-refractivity contribution in [1.82, 2.24) is 0 Å². The van der Waals surface area contributed by atoms with E-state index in [4.69, 9.17) is 27.3 Å². The third-order valence-electron chi connectivity index (χ3n) is 7.73. The molecule has 0 bridgehead atoms. The van der Waals surface area contributed by atoms with Gasteiger partial charge in [-0.2, -0.15) is 16.8 Å². The molecule has 2 saturated heterocycles. The first kappa shape index (κ1) is 32.5. The first-order valence-corrected chi connectivity index (χ1v) is 17.5. The van der Waals surface area contributed by atoms with Crippen molar-refractivity contribution in [2.24, 2.45) is 0 Å². The molecule has 0 radical (unpaired) electrons. The summed E-state index contributed by atoms with van der Waals surface area (Å²) in [6, 6.07) is 30.7. The molecule has 242 valence electrons. The van der Waals surface area contributed by atoms with Crippen LogP contribution in [-0.2, 0) is 47.5 Å². The zero-order valence-electron chi connectivity index (χ0n) is 25.2. The molecule has 0 aliphatic carbocycles. The molecule has 4 aromatic carbocycles. The van der Waals surface area contributed by atoms with Crippen molar-refractivity contribution >= 4 is 20.2 Å². The summed E-state index contributed by atoms with van der Waals surface area (Å²) in [4.78, 5) is -0.192. The second-order valence-electron chi connectivity index (χ2n) is 11.1. The number of ether oxygens (including phenoxy) is 4. The van der Waals surface area contributed by atoms with Crippen molar-refractivity contribution < 1.29 is 44.1 Å². The zero-order chi connectivity index (χ0) is 32.3. The van der Waals surface area contributed by atoms with Crippen LogP contribution in [0, 0.1) is 13.8 Å². The average Bonchev–Trinajstić information content (AvgIpc) is 3.73. The molecule has 10 nitrogen and oxygen atoms in total. The first-order valence-electron chi connectivity index (χ1n) is 14.7. The van der Waals surface area contributed by atoms with E-state index in [9.17, 15) is 16.8 Å². The smallest absolute Gasteiger partial charge is 0.297 e. The van der Waals surface area contributed by atoms with Gasteiger partial charge in [0.1, 0.15) is 24.4 Å². The molecule has 6 atom stereocenters. The van der Waals surface area contributed by atoms with Crippen LogP contribution in [0.2, 0.25) is 0 Å². The van der Waals surface area contributed by atoms with Gasteiger partial charge in [0.05, 0.1) is 23.0 Å². The lowest BCUT2D eigenvalue weighted by atomic mass is 10.0. The van der Waals surface area contributed by atoms with Gasteiger partial charge in [0.25, 0.3) is 20.2 Å². The van der Waals surface area contributed by atoms with Crippen molar-refractivity contribution in [1.29, 1.82) is 0 Å². The fourth-order valence-electron chi connectivity index (χ4n) is 5.25. The molecule has 6 rings (SSSR count). The SMILES string of the molecule is Cc1ccc(S(=O)(=O)OCC(OS(=O)(=O)c2ccc(C)cc2)C2OC(c3ccccc3)OC2C2COC(c3ccccc3)O2)cc1. The van der Waals surface area contributed by atoms with E-state index >= 15 is 0 Å². The Morgan fingerprint density at radius 2 is 1.17 bits per heavy atom. The minimum atomic E-state index is -4.42. The van der Waals surface area contributed by atoms with Crippen LogP contribution in [0.5, 0.6) is 0 Å². The highest BCUT2D eigenvalue weighted by molar-refractivity contribution is 7.87. The van der Waals surface area contributed by atoms with E-state index in [1.54, 1.807) is 36.4 Å².